The van der Waals surface area contributed by atoms with E-state index in [1.54, 1.807) is 18.5 Å². The molecule has 0 bridgehead atoms. The number of benzene rings is 1. The third-order valence-corrected chi connectivity index (χ3v) is 3.15. The first-order chi connectivity index (χ1) is 12.7. The molecule has 1 aromatic carbocycles. The predicted molar refractivity (Wildman–Crippen MR) is 95.6 cm³/mol. The summed E-state index contributed by atoms with van der Waals surface area (Å²) < 4.78 is 37.1. The van der Waals surface area contributed by atoms with Crippen molar-refractivity contribution in [3.05, 3.63) is 54.4 Å². The van der Waals surface area contributed by atoms with Crippen molar-refractivity contribution in [3.8, 4) is 11.5 Å². The van der Waals surface area contributed by atoms with Gasteiger partial charge in [0, 0.05) is 18.8 Å². The molecule has 0 unspecified atom stereocenters. The minimum absolute atomic E-state index is 0.0139. The van der Waals surface area contributed by atoms with Gasteiger partial charge in [0.1, 0.15) is 24.8 Å². The first-order valence-electron chi connectivity index (χ1n) is 8.32. The van der Waals surface area contributed by atoms with Crippen molar-refractivity contribution in [1.29, 1.82) is 0 Å². The second-order valence-corrected chi connectivity index (χ2v) is 5.15. The molecule has 0 aliphatic carbocycles. The topological polar surface area (TPSA) is 67.8 Å². The molecule has 0 spiro atoms. The van der Waals surface area contributed by atoms with Gasteiger partial charge in [-0.1, -0.05) is 0 Å². The second kappa shape index (κ2) is 10.9. The van der Waals surface area contributed by atoms with Gasteiger partial charge in [0.15, 0.2) is 17.5 Å². The van der Waals surface area contributed by atoms with Gasteiger partial charge in [-0.25, -0.2) is 13.8 Å². The predicted octanol–water partition coefficient (Wildman–Crippen LogP) is 2.37. The Morgan fingerprint density at radius 3 is 2.77 bits per heavy atom. The van der Waals surface area contributed by atoms with Crippen LogP contribution in [0.4, 0.5) is 8.78 Å². The van der Waals surface area contributed by atoms with Gasteiger partial charge < -0.3 is 20.1 Å². The maximum Gasteiger partial charge on any atom is 0.191 e. The Bertz CT molecular complexity index is 699. The van der Waals surface area contributed by atoms with Gasteiger partial charge in [0.05, 0.1) is 19.3 Å². The maximum absolute atomic E-state index is 13.5. The van der Waals surface area contributed by atoms with Gasteiger partial charge in [-0.05, 0) is 31.2 Å². The van der Waals surface area contributed by atoms with E-state index in [0.717, 1.165) is 12.1 Å². The molecule has 0 saturated heterocycles. The van der Waals surface area contributed by atoms with Crippen LogP contribution >= 0.6 is 0 Å². The Kier molecular flexibility index (Phi) is 8.11. The van der Waals surface area contributed by atoms with Crippen LogP contribution in [0.2, 0.25) is 0 Å². The van der Waals surface area contributed by atoms with E-state index in [-0.39, 0.29) is 12.4 Å². The molecule has 0 radical (unpaired) electrons. The van der Waals surface area contributed by atoms with Crippen LogP contribution < -0.4 is 20.1 Å². The number of halogens is 2. The molecule has 26 heavy (non-hydrogen) atoms. The van der Waals surface area contributed by atoms with Gasteiger partial charge in [-0.15, -0.1) is 0 Å². The smallest absolute Gasteiger partial charge is 0.191 e. The van der Waals surface area contributed by atoms with Crippen LogP contribution in [0, 0.1) is 11.6 Å². The number of guanidine groups is 1. The van der Waals surface area contributed by atoms with Crippen LogP contribution in [-0.4, -0.2) is 43.8 Å². The summed E-state index contributed by atoms with van der Waals surface area (Å²) in [6, 6.07) is 6.83. The Morgan fingerprint density at radius 2 is 2.04 bits per heavy atom. The second-order valence-electron chi connectivity index (χ2n) is 5.15. The summed E-state index contributed by atoms with van der Waals surface area (Å²) in [6.45, 7) is 4.14. The lowest BCUT2D eigenvalue weighted by molar-refractivity contribution is 0.304. The van der Waals surface area contributed by atoms with E-state index >= 15 is 0 Å². The number of nitrogens with one attached hydrogen (secondary N) is 2. The number of aromatic nitrogens is 1. The lowest BCUT2D eigenvalue weighted by Gasteiger charge is -2.12. The fraction of sp³-hybridized carbons (Fsp3) is 0.333. The van der Waals surface area contributed by atoms with Crippen molar-refractivity contribution in [2.45, 2.75) is 6.92 Å². The van der Waals surface area contributed by atoms with Crippen LogP contribution in [-0.2, 0) is 0 Å². The Labute approximate surface area is 151 Å². The first kappa shape index (κ1) is 19.4. The SMILES string of the molecule is CCNC(=NCCOc1cccnc1)NCCOc1ccc(F)cc1F. The van der Waals surface area contributed by atoms with Gasteiger partial charge in [0.2, 0.25) is 0 Å². The highest BCUT2D eigenvalue weighted by molar-refractivity contribution is 5.79. The quantitative estimate of drug-likeness (QED) is 0.406. The van der Waals surface area contributed by atoms with E-state index in [1.165, 1.54) is 6.07 Å². The molecular formula is C18H22F2N4O2. The molecule has 1 aromatic heterocycles. The number of rotatable bonds is 9. The third kappa shape index (κ3) is 6.92. The average molecular weight is 364 g/mol. The van der Waals surface area contributed by atoms with E-state index < -0.39 is 11.6 Å². The normalized spacial score (nSPS) is 11.1. The molecule has 0 amide bonds. The van der Waals surface area contributed by atoms with Gasteiger partial charge in [0.25, 0.3) is 0 Å². The Morgan fingerprint density at radius 1 is 1.15 bits per heavy atom. The number of hydrogen-bond donors (Lipinski definition) is 2. The zero-order chi connectivity index (χ0) is 18.6. The number of ether oxygens (including phenoxy) is 2. The lowest BCUT2D eigenvalue weighted by atomic mass is 10.3. The summed E-state index contributed by atoms with van der Waals surface area (Å²) in [6.07, 6.45) is 3.32. The van der Waals surface area contributed by atoms with Gasteiger partial charge >= 0.3 is 0 Å². The average Bonchev–Trinajstić information content (AvgIpc) is 2.64. The standard InChI is InChI=1S/C18H22F2N4O2/c1-2-22-18(23-8-10-25-15-4-3-7-21-13-15)24-9-11-26-17-6-5-14(19)12-16(17)20/h3-7,12-13H,2,8-11H2,1H3,(H2,22,23,24). The van der Waals surface area contributed by atoms with E-state index in [4.69, 9.17) is 9.47 Å². The summed E-state index contributed by atoms with van der Waals surface area (Å²) in [4.78, 5) is 8.34. The van der Waals surface area contributed by atoms with E-state index in [0.29, 0.717) is 38.0 Å². The summed E-state index contributed by atoms with van der Waals surface area (Å²) in [5, 5.41) is 6.16. The van der Waals surface area contributed by atoms with E-state index in [2.05, 4.69) is 20.6 Å². The van der Waals surface area contributed by atoms with E-state index in [9.17, 15) is 8.78 Å². The molecule has 2 rings (SSSR count). The fourth-order valence-electron chi connectivity index (χ4n) is 2.02. The Balaban J connectivity index is 1.71. The maximum atomic E-state index is 13.5. The molecule has 2 aromatic rings. The van der Waals surface area contributed by atoms with Crippen molar-refractivity contribution in [3.63, 3.8) is 0 Å². The van der Waals surface area contributed by atoms with Crippen molar-refractivity contribution in [1.82, 2.24) is 15.6 Å². The minimum Gasteiger partial charge on any atom is -0.490 e. The molecule has 140 valence electrons. The van der Waals surface area contributed by atoms with E-state index in [1.807, 2.05) is 13.0 Å². The highest BCUT2D eigenvalue weighted by atomic mass is 19.1. The molecule has 0 atom stereocenters. The van der Waals surface area contributed by atoms with Gasteiger partial charge in [-0.3, -0.25) is 4.98 Å². The molecule has 0 aliphatic heterocycles. The van der Waals surface area contributed by atoms with Crippen molar-refractivity contribution < 1.29 is 18.3 Å². The van der Waals surface area contributed by atoms with Crippen molar-refractivity contribution in [2.24, 2.45) is 4.99 Å². The van der Waals surface area contributed by atoms with Crippen LogP contribution in [0.15, 0.2) is 47.7 Å². The Hall–Kier alpha value is -2.90. The van der Waals surface area contributed by atoms with Crippen LogP contribution in [0.1, 0.15) is 6.92 Å². The fourth-order valence-corrected chi connectivity index (χ4v) is 2.02. The van der Waals surface area contributed by atoms with Crippen LogP contribution in [0.25, 0.3) is 0 Å². The molecule has 0 fully saturated rings. The molecule has 0 aliphatic rings. The van der Waals surface area contributed by atoms with Crippen LogP contribution in [0.5, 0.6) is 11.5 Å². The molecule has 2 N–H and O–H groups in total. The number of pyridine rings is 1. The number of hydrogen-bond acceptors (Lipinski definition) is 4. The third-order valence-electron chi connectivity index (χ3n) is 3.15. The lowest BCUT2D eigenvalue weighted by Crippen LogP contribution is -2.39. The summed E-state index contributed by atoms with van der Waals surface area (Å²) in [5.41, 5.74) is 0. The molecular weight excluding hydrogens is 342 g/mol. The molecule has 8 heteroatoms. The molecule has 0 saturated carbocycles. The monoisotopic (exact) mass is 364 g/mol. The summed E-state index contributed by atoms with van der Waals surface area (Å²) in [5.74, 6) is -0.0537. The summed E-state index contributed by atoms with van der Waals surface area (Å²) in [7, 11) is 0. The highest BCUT2D eigenvalue weighted by Gasteiger charge is 2.04. The molecule has 6 nitrogen and oxygen atoms in total. The minimum atomic E-state index is -0.724. The first-order valence-corrected chi connectivity index (χ1v) is 8.32. The van der Waals surface area contributed by atoms with Crippen molar-refractivity contribution >= 4 is 5.96 Å². The largest absolute Gasteiger partial charge is 0.490 e. The zero-order valence-electron chi connectivity index (χ0n) is 14.5. The van der Waals surface area contributed by atoms with Crippen molar-refractivity contribution in [2.75, 3.05) is 32.8 Å². The van der Waals surface area contributed by atoms with Gasteiger partial charge in [-0.2, -0.15) is 0 Å². The van der Waals surface area contributed by atoms with Crippen LogP contribution in [0.3, 0.4) is 0 Å². The summed E-state index contributed by atoms with van der Waals surface area (Å²) >= 11 is 0. The highest BCUT2D eigenvalue weighted by Crippen LogP contribution is 2.17. The molecule has 1 heterocycles. The number of nitrogens with zero attached hydrogens (tertiary/aromatic N) is 2. The number of aliphatic imine (C=N–C) groups is 1. The zero-order valence-corrected chi connectivity index (χ0v) is 14.5.